The number of rotatable bonds is 19. The minimum atomic E-state index is -1.65. The second kappa shape index (κ2) is 23.9. The van der Waals surface area contributed by atoms with E-state index in [9.17, 15) is 25.2 Å². The van der Waals surface area contributed by atoms with Gasteiger partial charge in [-0.05, 0) is 112 Å². The van der Waals surface area contributed by atoms with E-state index < -0.39 is 31.0 Å². The van der Waals surface area contributed by atoms with Crippen molar-refractivity contribution in [2.75, 3.05) is 45.9 Å². The molecule has 2 heterocycles. The summed E-state index contributed by atoms with van der Waals surface area (Å²) < 4.78 is 21.1. The van der Waals surface area contributed by atoms with Crippen LogP contribution >= 0.6 is 0 Å². The lowest BCUT2D eigenvalue weighted by Gasteiger charge is -2.41. The average Bonchev–Trinajstić information content (AvgIpc) is 3.27. The third kappa shape index (κ3) is 14.0. The Kier molecular flexibility index (Phi) is 19.4. The van der Waals surface area contributed by atoms with E-state index in [0.29, 0.717) is 49.2 Å². The third-order valence-electron chi connectivity index (χ3n) is 14.1. The van der Waals surface area contributed by atoms with Gasteiger partial charge >= 0.3 is 0 Å². The summed E-state index contributed by atoms with van der Waals surface area (Å²) in [6.07, 6.45) is 16.1. The Morgan fingerprint density at radius 1 is 0.875 bits per heavy atom. The molecular formula is C45H76FN3O7. The normalized spacial score (nSPS) is 28.8. The second-order valence-corrected chi connectivity index (χ2v) is 18.1. The molecule has 0 radical (unpaired) electrons. The summed E-state index contributed by atoms with van der Waals surface area (Å²) in [6.45, 7) is 6.46. The van der Waals surface area contributed by atoms with Crippen molar-refractivity contribution in [1.29, 1.82) is 0 Å². The highest BCUT2D eigenvalue weighted by Crippen LogP contribution is 2.37. The summed E-state index contributed by atoms with van der Waals surface area (Å²) in [5, 5.41) is 55.2. The molecular weight excluding hydrogens is 714 g/mol. The number of Topliss-reactive ketones (excluding diaryl/α,β-unsaturated/α-hetero) is 1. The molecule has 56 heavy (non-hydrogen) atoms. The molecule has 320 valence electrons. The average molecular weight is 790 g/mol. The molecule has 10 nitrogen and oxygen atoms in total. The van der Waals surface area contributed by atoms with Crippen molar-refractivity contribution in [2.45, 2.75) is 160 Å². The number of nitrogens with one attached hydrogen (secondary N) is 2. The van der Waals surface area contributed by atoms with Gasteiger partial charge in [0, 0.05) is 31.1 Å². The van der Waals surface area contributed by atoms with Gasteiger partial charge in [-0.25, -0.2) is 4.39 Å². The fraction of sp³-hybridized carbons (Fsp3) is 0.844. The van der Waals surface area contributed by atoms with Crippen molar-refractivity contribution in [2.24, 2.45) is 35.5 Å². The second-order valence-electron chi connectivity index (χ2n) is 18.1. The van der Waals surface area contributed by atoms with Gasteiger partial charge in [0.15, 0.2) is 0 Å². The molecule has 0 amide bonds. The van der Waals surface area contributed by atoms with Gasteiger partial charge in [-0.2, -0.15) is 0 Å². The van der Waals surface area contributed by atoms with Gasteiger partial charge in [-0.3, -0.25) is 9.69 Å². The number of benzene rings is 1. The molecule has 5 rings (SSSR count). The van der Waals surface area contributed by atoms with Crippen LogP contribution in [0.1, 0.15) is 127 Å². The SMILES string of the molecule is CCC1CCCC(C2CCCCCCC2)CC(N2CCC(CCOCc3ccc(CC(=O)C4CC(CNC[C@H](O)[C@@H](O)[C@H](O)[C@H](O)CO)C4)cc3F)CC2)NC1. The van der Waals surface area contributed by atoms with Gasteiger partial charge in [-0.15, -0.1) is 0 Å². The number of hydrogen-bond donors (Lipinski definition) is 7. The Morgan fingerprint density at radius 2 is 1.57 bits per heavy atom. The first-order chi connectivity index (χ1) is 27.1. The van der Waals surface area contributed by atoms with Crippen LogP contribution in [0.5, 0.6) is 0 Å². The highest BCUT2D eigenvalue weighted by molar-refractivity contribution is 5.84. The highest BCUT2D eigenvalue weighted by Gasteiger charge is 2.35. The third-order valence-corrected chi connectivity index (χ3v) is 14.1. The molecule has 7 atom stereocenters. The Balaban J connectivity index is 0.969. The van der Waals surface area contributed by atoms with Crippen molar-refractivity contribution in [1.82, 2.24) is 15.5 Å². The van der Waals surface area contributed by atoms with E-state index in [1.54, 1.807) is 6.07 Å². The molecule has 3 unspecified atom stereocenters. The van der Waals surface area contributed by atoms with Crippen LogP contribution in [0.4, 0.5) is 4.39 Å². The number of aliphatic hydroxyl groups is 5. The van der Waals surface area contributed by atoms with Gasteiger partial charge in [0.05, 0.1) is 25.5 Å². The number of nitrogens with zero attached hydrogens (tertiary/aromatic N) is 1. The van der Waals surface area contributed by atoms with E-state index in [-0.39, 0.29) is 43.0 Å². The minimum absolute atomic E-state index is 0.00139. The monoisotopic (exact) mass is 790 g/mol. The lowest BCUT2D eigenvalue weighted by atomic mass is 9.71. The zero-order valence-electron chi connectivity index (χ0n) is 34.3. The Hall–Kier alpha value is -1.54. The van der Waals surface area contributed by atoms with Crippen LogP contribution in [0.3, 0.4) is 0 Å². The Bertz CT molecular complexity index is 1270. The number of piperidine rings is 1. The van der Waals surface area contributed by atoms with Crippen molar-refractivity contribution >= 4 is 5.78 Å². The topological polar surface area (TPSA) is 155 Å². The maximum Gasteiger partial charge on any atom is 0.140 e. The molecule has 1 aromatic carbocycles. The standard InChI is InChI=1S/C45H76FN3O7/c1-2-31-9-8-12-36(35-10-6-4-3-5-7-11-35)25-43(48-27-31)49-18-15-32(16-19-49)17-20-56-30-37-14-13-33(23-39(37)46)24-40(51)38-21-34(22-38)26-47-28-41(52)44(54)45(55)42(53)29-50/h13-14,23,31-32,34-36,38,41-45,47-48,50,52-55H,2-12,15-22,24-30H2,1H3/t31?,34?,36?,38?,41-,42+,43?,44+,45+/m0/s1. The van der Waals surface area contributed by atoms with E-state index in [4.69, 9.17) is 9.84 Å². The quantitative estimate of drug-likeness (QED) is 0.0943. The number of carbonyl (C=O) groups excluding carboxylic acids is 1. The summed E-state index contributed by atoms with van der Waals surface area (Å²) in [6, 6.07) is 5.05. The van der Waals surface area contributed by atoms with E-state index in [2.05, 4.69) is 22.5 Å². The first-order valence-corrected chi connectivity index (χ1v) is 22.5. The molecule has 2 aliphatic heterocycles. The number of hydrogen-bond acceptors (Lipinski definition) is 10. The predicted molar refractivity (Wildman–Crippen MR) is 217 cm³/mol. The van der Waals surface area contributed by atoms with E-state index >= 15 is 4.39 Å². The van der Waals surface area contributed by atoms with Gasteiger partial charge in [0.25, 0.3) is 0 Å². The zero-order chi connectivity index (χ0) is 39.9. The van der Waals surface area contributed by atoms with Crippen molar-refractivity contribution in [3.63, 3.8) is 0 Å². The summed E-state index contributed by atoms with van der Waals surface area (Å²) in [5.74, 6) is 3.09. The molecule has 11 heteroatoms. The molecule has 1 aromatic rings. The molecule has 2 aliphatic carbocycles. The van der Waals surface area contributed by atoms with E-state index in [0.717, 1.165) is 43.8 Å². The molecule has 2 saturated carbocycles. The summed E-state index contributed by atoms with van der Waals surface area (Å²) in [4.78, 5) is 15.7. The molecule has 2 saturated heterocycles. The van der Waals surface area contributed by atoms with Gasteiger partial charge < -0.3 is 40.9 Å². The molecule has 0 bridgehead atoms. The van der Waals surface area contributed by atoms with Crippen LogP contribution < -0.4 is 10.6 Å². The Labute approximate surface area is 336 Å². The van der Waals surface area contributed by atoms with Crippen LogP contribution in [0, 0.1) is 41.3 Å². The minimum Gasteiger partial charge on any atom is -0.394 e. The number of ether oxygens (including phenoxy) is 1. The maximum atomic E-state index is 15.1. The Morgan fingerprint density at radius 3 is 2.27 bits per heavy atom. The summed E-state index contributed by atoms with van der Waals surface area (Å²) in [5.41, 5.74) is 1.19. The van der Waals surface area contributed by atoms with Crippen molar-refractivity contribution in [3.05, 3.63) is 35.1 Å². The largest absolute Gasteiger partial charge is 0.394 e. The molecule has 4 fully saturated rings. The highest BCUT2D eigenvalue weighted by atomic mass is 19.1. The van der Waals surface area contributed by atoms with Gasteiger partial charge in [0.2, 0.25) is 0 Å². The zero-order valence-corrected chi connectivity index (χ0v) is 34.3. The summed E-state index contributed by atoms with van der Waals surface area (Å²) in [7, 11) is 0. The lowest BCUT2D eigenvalue weighted by molar-refractivity contribution is -0.126. The first kappa shape index (κ1) is 45.5. The van der Waals surface area contributed by atoms with Crippen LogP contribution in [-0.4, -0.2) is 113 Å². The van der Waals surface area contributed by atoms with Crippen LogP contribution in [0.15, 0.2) is 18.2 Å². The predicted octanol–water partition coefficient (Wildman–Crippen LogP) is 5.10. The van der Waals surface area contributed by atoms with E-state index in [1.165, 1.54) is 96.0 Å². The maximum absolute atomic E-state index is 15.1. The fourth-order valence-corrected chi connectivity index (χ4v) is 10.0. The smallest absolute Gasteiger partial charge is 0.140 e. The van der Waals surface area contributed by atoms with E-state index in [1.807, 2.05) is 6.07 Å². The number of halogens is 1. The molecule has 0 spiro atoms. The van der Waals surface area contributed by atoms with Crippen LogP contribution in [0.2, 0.25) is 0 Å². The fourth-order valence-electron chi connectivity index (χ4n) is 10.0. The van der Waals surface area contributed by atoms with Gasteiger partial charge in [0.1, 0.15) is 29.9 Å². The molecule has 0 aromatic heterocycles. The number of likely N-dealkylation sites (tertiary alicyclic amines) is 1. The van der Waals surface area contributed by atoms with Gasteiger partial charge in [-0.1, -0.05) is 83.3 Å². The van der Waals surface area contributed by atoms with Crippen LogP contribution in [0.25, 0.3) is 0 Å². The van der Waals surface area contributed by atoms with Crippen LogP contribution in [-0.2, 0) is 22.6 Å². The number of aliphatic hydroxyl groups excluding tert-OH is 5. The number of carbonyl (C=O) groups is 1. The molecule has 7 N–H and O–H groups in total. The van der Waals surface area contributed by atoms with Crippen molar-refractivity contribution < 1.29 is 39.5 Å². The summed E-state index contributed by atoms with van der Waals surface area (Å²) >= 11 is 0. The number of ketones is 1. The molecule has 4 aliphatic rings. The first-order valence-electron chi connectivity index (χ1n) is 22.5. The van der Waals surface area contributed by atoms with Crippen molar-refractivity contribution in [3.8, 4) is 0 Å². The lowest BCUT2D eigenvalue weighted by Crippen LogP contribution is -2.51.